The van der Waals surface area contributed by atoms with Crippen LogP contribution in [0.15, 0.2) is 30.3 Å². The van der Waals surface area contributed by atoms with Gasteiger partial charge in [-0.15, -0.1) is 0 Å². The quantitative estimate of drug-likeness (QED) is 0.195. The lowest BCUT2D eigenvalue weighted by Gasteiger charge is -2.39. The van der Waals surface area contributed by atoms with Gasteiger partial charge in [-0.2, -0.15) is 0 Å². The van der Waals surface area contributed by atoms with Gasteiger partial charge in [-0.3, -0.25) is 19.2 Å². The number of likely N-dealkylation sites (N-methyl/N-ethyl adjacent to an activating group) is 1. The largest absolute Gasteiger partial charge is 0.467 e. The van der Waals surface area contributed by atoms with E-state index in [2.05, 4.69) is 16.0 Å². The maximum atomic E-state index is 14.0. The van der Waals surface area contributed by atoms with Gasteiger partial charge >= 0.3 is 5.97 Å². The Morgan fingerprint density at radius 1 is 1.04 bits per heavy atom. The second kappa shape index (κ2) is 19.9. The van der Waals surface area contributed by atoms with Crippen LogP contribution in [0.1, 0.15) is 78.2 Å². The molecule has 51 heavy (non-hydrogen) atoms. The summed E-state index contributed by atoms with van der Waals surface area (Å²) in [5.74, 6) is -2.24. The number of carbonyl (C=O) groups excluding carboxylic acids is 5. The Balaban J connectivity index is 1.69. The predicted octanol–water partition coefficient (Wildman–Crippen LogP) is 2.46. The number of likely N-dealkylation sites (tertiary alicyclic amines) is 1. The first-order valence-corrected chi connectivity index (χ1v) is 18.4. The summed E-state index contributed by atoms with van der Waals surface area (Å²) in [4.78, 5) is 70.1. The Morgan fingerprint density at radius 2 is 1.75 bits per heavy atom. The second-order valence-corrected chi connectivity index (χ2v) is 14.3. The minimum Gasteiger partial charge on any atom is -0.467 e. The van der Waals surface area contributed by atoms with Crippen molar-refractivity contribution in [2.45, 2.75) is 115 Å². The van der Waals surface area contributed by atoms with E-state index in [0.717, 1.165) is 37.8 Å². The Bertz CT molecular complexity index is 1310. The van der Waals surface area contributed by atoms with Crippen molar-refractivity contribution in [3.63, 3.8) is 0 Å². The highest BCUT2D eigenvalue weighted by Crippen LogP contribution is 2.29. The SMILES string of the molecule is CC[C@H](C)[C@@H]([C@@H](CC(=O)N1CCC[C@H]1[C@H](OC)[C@@H](C)C(=O)N[C@@H](Cc1ccccc1)C(=O)OC)OC)N(C)C(=O)CNC(=O)[C@]1(C)CCCCN1. The van der Waals surface area contributed by atoms with Gasteiger partial charge in [0.25, 0.3) is 0 Å². The van der Waals surface area contributed by atoms with Crippen LogP contribution in [0.2, 0.25) is 0 Å². The summed E-state index contributed by atoms with van der Waals surface area (Å²) in [5, 5.41) is 8.95. The van der Waals surface area contributed by atoms with Crippen LogP contribution in [0.3, 0.4) is 0 Å². The third-order valence-corrected chi connectivity index (χ3v) is 10.9. The topological polar surface area (TPSA) is 156 Å². The number of nitrogens with zero attached hydrogens (tertiary/aromatic N) is 2. The molecule has 2 aliphatic heterocycles. The average molecular weight is 716 g/mol. The molecule has 0 aromatic heterocycles. The lowest BCUT2D eigenvalue weighted by atomic mass is 9.89. The van der Waals surface area contributed by atoms with Crippen LogP contribution in [-0.4, -0.2) is 123 Å². The fourth-order valence-corrected chi connectivity index (χ4v) is 7.54. The maximum Gasteiger partial charge on any atom is 0.328 e. The van der Waals surface area contributed by atoms with Gasteiger partial charge in [0.2, 0.25) is 23.6 Å². The summed E-state index contributed by atoms with van der Waals surface area (Å²) in [6.45, 7) is 8.75. The van der Waals surface area contributed by atoms with Gasteiger partial charge in [-0.05, 0) is 57.1 Å². The Labute approximate surface area is 303 Å². The van der Waals surface area contributed by atoms with E-state index in [-0.39, 0.29) is 55.0 Å². The minimum atomic E-state index is -0.883. The van der Waals surface area contributed by atoms with Crippen molar-refractivity contribution in [3.8, 4) is 0 Å². The summed E-state index contributed by atoms with van der Waals surface area (Å²) in [6, 6.07) is 7.69. The Morgan fingerprint density at radius 3 is 2.33 bits per heavy atom. The molecule has 2 fully saturated rings. The monoisotopic (exact) mass is 715 g/mol. The van der Waals surface area contributed by atoms with Gasteiger partial charge < -0.3 is 40.0 Å². The summed E-state index contributed by atoms with van der Waals surface area (Å²) < 4.78 is 16.8. The number of esters is 1. The number of rotatable bonds is 18. The van der Waals surface area contributed by atoms with E-state index in [1.165, 1.54) is 14.2 Å². The summed E-state index contributed by atoms with van der Waals surface area (Å²) in [6.07, 6.45) is 3.84. The number of methoxy groups -OCH3 is 3. The number of piperidine rings is 1. The van der Waals surface area contributed by atoms with E-state index in [1.54, 1.807) is 30.9 Å². The highest BCUT2D eigenvalue weighted by molar-refractivity contribution is 5.90. The van der Waals surface area contributed by atoms with Gasteiger partial charge in [0.1, 0.15) is 6.04 Å². The van der Waals surface area contributed by atoms with Crippen LogP contribution in [0, 0.1) is 11.8 Å². The number of benzene rings is 1. The van der Waals surface area contributed by atoms with Crippen LogP contribution in [0.5, 0.6) is 0 Å². The van der Waals surface area contributed by atoms with Crippen LogP contribution < -0.4 is 16.0 Å². The van der Waals surface area contributed by atoms with Gasteiger partial charge in [0.15, 0.2) is 0 Å². The Kier molecular flexibility index (Phi) is 16.3. The van der Waals surface area contributed by atoms with Crippen molar-refractivity contribution in [2.24, 2.45) is 11.8 Å². The van der Waals surface area contributed by atoms with Gasteiger partial charge in [-0.25, -0.2) is 4.79 Å². The molecule has 2 aliphatic rings. The van der Waals surface area contributed by atoms with Crippen molar-refractivity contribution in [1.29, 1.82) is 0 Å². The fourth-order valence-electron chi connectivity index (χ4n) is 7.54. The zero-order valence-corrected chi connectivity index (χ0v) is 31.9. The molecule has 0 unspecified atom stereocenters. The molecule has 286 valence electrons. The van der Waals surface area contributed by atoms with Crippen LogP contribution in [0.4, 0.5) is 0 Å². The van der Waals surface area contributed by atoms with Gasteiger partial charge in [-0.1, -0.05) is 57.5 Å². The molecule has 8 atom stereocenters. The minimum absolute atomic E-state index is 0.00612. The van der Waals surface area contributed by atoms with E-state index in [9.17, 15) is 24.0 Å². The molecule has 0 saturated carbocycles. The van der Waals surface area contributed by atoms with E-state index in [1.807, 2.05) is 51.1 Å². The third-order valence-electron chi connectivity index (χ3n) is 10.9. The number of hydrogen-bond donors (Lipinski definition) is 3. The smallest absolute Gasteiger partial charge is 0.328 e. The molecule has 4 amide bonds. The first-order chi connectivity index (χ1) is 24.3. The number of ether oxygens (including phenoxy) is 3. The van der Waals surface area contributed by atoms with Gasteiger partial charge in [0, 0.05) is 34.2 Å². The van der Waals surface area contributed by atoms with Crippen molar-refractivity contribution < 1.29 is 38.2 Å². The predicted molar refractivity (Wildman–Crippen MR) is 193 cm³/mol. The highest BCUT2D eigenvalue weighted by Gasteiger charge is 2.43. The lowest BCUT2D eigenvalue weighted by Crippen LogP contribution is -2.59. The fraction of sp³-hybridized carbons (Fsp3) is 0.711. The zero-order valence-electron chi connectivity index (χ0n) is 31.9. The van der Waals surface area contributed by atoms with Crippen molar-refractivity contribution in [2.75, 3.05) is 48.0 Å². The Hall–Kier alpha value is -3.55. The standard InChI is InChI=1S/C38H61N5O8/c1-9-25(2)33(42(5)32(45)24-39-37(48)38(4)19-13-14-20-40-38)30(49-6)23-31(44)43-21-15-18-29(43)34(50-7)26(3)35(46)41-28(36(47)51-8)22-27-16-11-10-12-17-27/h10-12,16-17,25-26,28-30,33-34,40H,9,13-15,18-24H2,1-8H3,(H,39,48)(H,41,46)/t25-,26+,28-,29-,30+,33-,34+,38-/m0/s1. The van der Waals surface area contributed by atoms with Crippen LogP contribution in [0.25, 0.3) is 0 Å². The summed E-state index contributed by atoms with van der Waals surface area (Å²) in [5.41, 5.74) is 0.174. The average Bonchev–Trinajstić information content (AvgIpc) is 3.63. The molecule has 3 rings (SSSR count). The van der Waals surface area contributed by atoms with E-state index < -0.39 is 41.7 Å². The first-order valence-electron chi connectivity index (χ1n) is 18.4. The number of hydrogen-bond acceptors (Lipinski definition) is 9. The van der Waals surface area contributed by atoms with Crippen LogP contribution in [-0.2, 0) is 44.6 Å². The summed E-state index contributed by atoms with van der Waals surface area (Å²) in [7, 11) is 6.05. The molecule has 3 N–H and O–H groups in total. The molecule has 0 spiro atoms. The second-order valence-electron chi connectivity index (χ2n) is 14.3. The maximum absolute atomic E-state index is 14.0. The molecule has 0 bridgehead atoms. The number of amides is 4. The van der Waals surface area contributed by atoms with Crippen LogP contribution >= 0.6 is 0 Å². The summed E-state index contributed by atoms with van der Waals surface area (Å²) >= 11 is 0. The van der Waals surface area contributed by atoms with E-state index in [0.29, 0.717) is 19.4 Å². The molecule has 2 saturated heterocycles. The number of carbonyl (C=O) groups is 5. The molecule has 0 radical (unpaired) electrons. The van der Waals surface area contributed by atoms with E-state index in [4.69, 9.17) is 14.2 Å². The zero-order chi connectivity index (χ0) is 37.7. The highest BCUT2D eigenvalue weighted by atomic mass is 16.5. The molecular weight excluding hydrogens is 654 g/mol. The van der Waals surface area contributed by atoms with Crippen molar-refractivity contribution >= 4 is 29.6 Å². The third kappa shape index (κ3) is 11.0. The molecule has 13 heteroatoms. The molecule has 1 aromatic carbocycles. The molecule has 2 heterocycles. The molecule has 0 aliphatic carbocycles. The van der Waals surface area contributed by atoms with E-state index >= 15 is 0 Å². The first kappa shape index (κ1) is 41.9. The number of nitrogens with one attached hydrogen (secondary N) is 3. The molecular formula is C38H61N5O8. The molecule has 13 nitrogen and oxygen atoms in total. The van der Waals surface area contributed by atoms with Crippen molar-refractivity contribution in [3.05, 3.63) is 35.9 Å². The van der Waals surface area contributed by atoms with Gasteiger partial charge in [0.05, 0.1) is 55.8 Å². The molecule has 1 aromatic rings. The van der Waals surface area contributed by atoms with Crippen molar-refractivity contribution in [1.82, 2.24) is 25.8 Å². The lowest BCUT2D eigenvalue weighted by molar-refractivity contribution is -0.148. The normalized spacial score (nSPS) is 22.5.